The van der Waals surface area contributed by atoms with Crippen molar-refractivity contribution in [3.05, 3.63) is 28.3 Å². The Balaban J connectivity index is 2.78. The molecule has 1 aromatic heterocycles. The lowest BCUT2D eigenvalue weighted by Gasteiger charge is -2.29. The van der Waals surface area contributed by atoms with Gasteiger partial charge in [-0.15, -0.1) is 0 Å². The Morgan fingerprint density at radius 3 is 2.44 bits per heavy atom. The van der Waals surface area contributed by atoms with Gasteiger partial charge in [0, 0.05) is 0 Å². The fourth-order valence-electron chi connectivity index (χ4n) is 2.22. The topological polar surface area (TPSA) is 113 Å². The number of carbonyl (C=O) groups excluding carboxylic acids is 2. The van der Waals surface area contributed by atoms with Crippen LogP contribution in [0.5, 0.6) is 0 Å². The Kier molecular flexibility index (Phi) is 7.32. The first-order chi connectivity index (χ1) is 12.4. The Labute approximate surface area is 156 Å². The van der Waals surface area contributed by atoms with Gasteiger partial charge in [-0.05, 0) is 47.5 Å². The highest BCUT2D eigenvalue weighted by Crippen LogP contribution is 2.18. The number of esters is 1. The number of aryl methyl sites for hydroxylation is 1. The van der Waals surface area contributed by atoms with E-state index >= 15 is 0 Å². The highest BCUT2D eigenvalue weighted by molar-refractivity contribution is 5.85. The van der Waals surface area contributed by atoms with Crippen LogP contribution >= 0.6 is 0 Å². The van der Waals surface area contributed by atoms with Crippen LogP contribution in [-0.2, 0) is 20.8 Å². The summed E-state index contributed by atoms with van der Waals surface area (Å²) in [5.74, 6) is -1.81. The molecule has 1 aromatic rings. The van der Waals surface area contributed by atoms with Crippen LogP contribution < -0.4 is 11.1 Å². The first-order valence-electron chi connectivity index (χ1n) is 8.35. The largest absolute Gasteiger partial charge is 0.467 e. The summed E-state index contributed by atoms with van der Waals surface area (Å²) in [4.78, 5) is 35.5. The van der Waals surface area contributed by atoms with Gasteiger partial charge in [-0.1, -0.05) is 11.2 Å². The zero-order valence-electron chi connectivity index (χ0n) is 16.4. The van der Waals surface area contributed by atoms with Crippen molar-refractivity contribution in [1.29, 1.82) is 0 Å². The zero-order valence-corrected chi connectivity index (χ0v) is 16.4. The molecule has 1 heterocycles. The SMILES string of the molecule is COC(=O)C(C)(CCC=C(F)Cn1c(C)noc1=O)NC(=O)OC(C)(C)C. The van der Waals surface area contributed by atoms with E-state index in [-0.39, 0.29) is 25.2 Å². The number of alkyl carbamates (subject to hydrolysis) is 1. The number of nitrogens with zero attached hydrogens (tertiary/aromatic N) is 2. The van der Waals surface area contributed by atoms with E-state index in [0.717, 1.165) is 4.57 Å². The molecule has 1 N–H and O–H groups in total. The maximum atomic E-state index is 14.1. The number of methoxy groups -OCH3 is 1. The number of ether oxygens (including phenoxy) is 2. The van der Waals surface area contributed by atoms with Crippen molar-refractivity contribution < 1.29 is 28.0 Å². The van der Waals surface area contributed by atoms with Gasteiger partial charge in [0.2, 0.25) is 0 Å². The number of carbonyl (C=O) groups is 2. The summed E-state index contributed by atoms with van der Waals surface area (Å²) in [7, 11) is 1.19. The number of hydrogen-bond acceptors (Lipinski definition) is 7. The molecule has 0 fully saturated rings. The van der Waals surface area contributed by atoms with E-state index in [1.165, 1.54) is 27.0 Å². The molecule has 9 nitrogen and oxygen atoms in total. The minimum atomic E-state index is -1.40. The van der Waals surface area contributed by atoms with Crippen molar-refractivity contribution >= 4 is 12.1 Å². The van der Waals surface area contributed by atoms with Crippen LogP contribution in [0.4, 0.5) is 9.18 Å². The molecule has 1 rings (SSSR count). The highest BCUT2D eigenvalue weighted by Gasteiger charge is 2.37. The van der Waals surface area contributed by atoms with Gasteiger partial charge < -0.3 is 14.8 Å². The Morgan fingerprint density at radius 2 is 1.96 bits per heavy atom. The van der Waals surface area contributed by atoms with Gasteiger partial charge in [0.15, 0.2) is 5.82 Å². The first-order valence-corrected chi connectivity index (χ1v) is 8.35. The molecule has 0 aliphatic carbocycles. The van der Waals surface area contributed by atoms with Crippen molar-refractivity contribution in [2.75, 3.05) is 7.11 Å². The van der Waals surface area contributed by atoms with Gasteiger partial charge in [-0.25, -0.2) is 18.8 Å². The van der Waals surface area contributed by atoms with E-state index in [0.29, 0.717) is 0 Å². The number of allylic oxidation sites excluding steroid dienone is 2. The molecular formula is C17H26FN3O6. The molecule has 152 valence electrons. The van der Waals surface area contributed by atoms with Crippen LogP contribution in [-0.4, -0.2) is 40.0 Å². The van der Waals surface area contributed by atoms with Crippen molar-refractivity contribution in [1.82, 2.24) is 15.0 Å². The summed E-state index contributed by atoms with van der Waals surface area (Å²) in [6.07, 6.45) is 0.596. The van der Waals surface area contributed by atoms with E-state index in [1.54, 1.807) is 20.8 Å². The van der Waals surface area contributed by atoms with Crippen LogP contribution in [0.15, 0.2) is 21.2 Å². The maximum Gasteiger partial charge on any atom is 0.441 e. The average Bonchev–Trinajstić information content (AvgIpc) is 2.83. The molecule has 0 aliphatic heterocycles. The van der Waals surface area contributed by atoms with Crippen LogP contribution in [0.2, 0.25) is 0 Å². The third-order valence-corrected chi connectivity index (χ3v) is 3.60. The summed E-state index contributed by atoms with van der Waals surface area (Å²) in [5.41, 5.74) is -2.14. The maximum absolute atomic E-state index is 14.1. The molecule has 27 heavy (non-hydrogen) atoms. The second kappa shape index (κ2) is 8.83. The Bertz CT molecular complexity index is 761. The fourth-order valence-corrected chi connectivity index (χ4v) is 2.22. The molecule has 0 radical (unpaired) electrons. The Morgan fingerprint density at radius 1 is 1.33 bits per heavy atom. The molecule has 1 atom stereocenters. The van der Waals surface area contributed by atoms with Gasteiger partial charge in [-0.2, -0.15) is 0 Å². The summed E-state index contributed by atoms with van der Waals surface area (Å²) in [5, 5.41) is 5.91. The minimum absolute atomic E-state index is 0.0594. The lowest BCUT2D eigenvalue weighted by atomic mass is 9.95. The average molecular weight is 387 g/mol. The van der Waals surface area contributed by atoms with Gasteiger partial charge in [0.25, 0.3) is 0 Å². The van der Waals surface area contributed by atoms with Crippen molar-refractivity contribution in [2.24, 2.45) is 0 Å². The molecule has 1 amide bonds. The van der Waals surface area contributed by atoms with Crippen molar-refractivity contribution in [3.8, 4) is 0 Å². The van der Waals surface area contributed by atoms with E-state index in [9.17, 15) is 18.8 Å². The number of halogens is 1. The summed E-state index contributed by atoms with van der Waals surface area (Å²) in [6, 6.07) is 0. The van der Waals surface area contributed by atoms with Crippen LogP contribution in [0.3, 0.4) is 0 Å². The molecule has 0 saturated carbocycles. The lowest BCUT2D eigenvalue weighted by Crippen LogP contribution is -2.53. The van der Waals surface area contributed by atoms with E-state index in [1.807, 2.05) is 0 Å². The summed E-state index contributed by atoms with van der Waals surface area (Å²) in [6.45, 7) is 7.71. The third kappa shape index (κ3) is 6.87. The number of hydrogen-bond donors (Lipinski definition) is 1. The van der Waals surface area contributed by atoms with Gasteiger partial charge in [0.1, 0.15) is 17.0 Å². The quantitative estimate of drug-likeness (QED) is 0.714. The second-order valence-corrected chi connectivity index (χ2v) is 7.22. The van der Waals surface area contributed by atoms with E-state index in [4.69, 9.17) is 9.47 Å². The number of aromatic nitrogens is 2. The second-order valence-electron chi connectivity index (χ2n) is 7.22. The summed E-state index contributed by atoms with van der Waals surface area (Å²) >= 11 is 0. The molecule has 0 saturated heterocycles. The van der Waals surface area contributed by atoms with Gasteiger partial charge in [-0.3, -0.25) is 9.09 Å². The molecule has 0 aliphatic rings. The van der Waals surface area contributed by atoms with Crippen LogP contribution in [0.1, 0.15) is 46.4 Å². The highest BCUT2D eigenvalue weighted by atomic mass is 19.1. The van der Waals surface area contributed by atoms with Gasteiger partial charge in [0.05, 0.1) is 13.7 Å². The van der Waals surface area contributed by atoms with Crippen molar-refractivity contribution in [2.45, 2.75) is 65.1 Å². The van der Waals surface area contributed by atoms with Crippen molar-refractivity contribution in [3.63, 3.8) is 0 Å². The molecule has 0 aromatic carbocycles. The predicted octanol–water partition coefficient (Wildman–Crippen LogP) is 2.23. The third-order valence-electron chi connectivity index (χ3n) is 3.60. The normalized spacial score (nSPS) is 14.4. The number of amides is 1. The predicted molar refractivity (Wildman–Crippen MR) is 93.7 cm³/mol. The summed E-state index contributed by atoms with van der Waals surface area (Å²) < 4.78 is 29.4. The Hall–Kier alpha value is -2.65. The van der Waals surface area contributed by atoms with E-state index in [2.05, 4.69) is 15.0 Å². The smallest absolute Gasteiger partial charge is 0.441 e. The number of rotatable bonds is 7. The number of nitrogens with one attached hydrogen (secondary N) is 1. The molecule has 0 bridgehead atoms. The zero-order chi connectivity index (χ0) is 20.8. The standard InChI is InChI=1S/C17H26FN3O6/c1-11-20-27-15(24)21(11)10-12(18)8-7-9-17(5,13(22)25-6)19-14(23)26-16(2,3)4/h8H,7,9-10H2,1-6H3,(H,19,23). The van der Waals surface area contributed by atoms with Gasteiger partial charge >= 0.3 is 17.8 Å². The fraction of sp³-hybridized carbons (Fsp3) is 0.647. The van der Waals surface area contributed by atoms with Crippen LogP contribution in [0, 0.1) is 6.92 Å². The first kappa shape index (κ1) is 22.4. The van der Waals surface area contributed by atoms with E-state index < -0.39 is 34.8 Å². The molecule has 10 heteroatoms. The van der Waals surface area contributed by atoms with Crippen LogP contribution in [0.25, 0.3) is 0 Å². The minimum Gasteiger partial charge on any atom is -0.467 e. The molecule has 0 spiro atoms. The monoisotopic (exact) mass is 387 g/mol. The molecular weight excluding hydrogens is 361 g/mol. The lowest BCUT2D eigenvalue weighted by molar-refractivity contribution is -0.148. The molecule has 1 unspecified atom stereocenters.